The number of hydrogen-bond acceptors (Lipinski definition) is 3. The molecule has 6 heteroatoms. The molecule has 1 N–H and O–H groups in total. The lowest BCUT2D eigenvalue weighted by Crippen LogP contribution is -2.50. The zero-order chi connectivity index (χ0) is 16.8. The van der Waals surface area contributed by atoms with E-state index in [-0.39, 0.29) is 30.2 Å². The van der Waals surface area contributed by atoms with Gasteiger partial charge in [-0.05, 0) is 25.5 Å². The number of halogens is 1. The molecule has 2 amide bonds. The van der Waals surface area contributed by atoms with Crippen LogP contribution in [0.25, 0.3) is 0 Å². The van der Waals surface area contributed by atoms with Crippen molar-refractivity contribution in [2.75, 3.05) is 26.7 Å². The summed E-state index contributed by atoms with van der Waals surface area (Å²) in [5.41, 5.74) is 0.681. The van der Waals surface area contributed by atoms with Gasteiger partial charge in [-0.3, -0.25) is 14.5 Å². The Labute approximate surface area is 136 Å². The van der Waals surface area contributed by atoms with Crippen LogP contribution in [0.4, 0.5) is 4.39 Å². The first kappa shape index (κ1) is 17.4. The van der Waals surface area contributed by atoms with Gasteiger partial charge in [0.1, 0.15) is 5.82 Å². The fourth-order valence-electron chi connectivity index (χ4n) is 2.89. The standard InChI is InChI=1S/C17H24FN3O2/c1-13(22)19-10-17(23)20(2)15-7-5-9-21(12-15)11-14-6-3-4-8-16(14)18/h3-4,6,8,15H,5,7,9-12H2,1-2H3,(H,19,22)/t15-/m0/s1. The van der Waals surface area contributed by atoms with Crippen molar-refractivity contribution in [3.05, 3.63) is 35.6 Å². The molecule has 23 heavy (non-hydrogen) atoms. The Kier molecular flexibility index (Phi) is 6.10. The monoisotopic (exact) mass is 321 g/mol. The van der Waals surface area contributed by atoms with Gasteiger partial charge in [-0.1, -0.05) is 18.2 Å². The molecule has 1 aromatic carbocycles. The van der Waals surface area contributed by atoms with E-state index < -0.39 is 0 Å². The minimum Gasteiger partial charge on any atom is -0.347 e. The zero-order valence-electron chi connectivity index (χ0n) is 13.7. The molecule has 0 aromatic heterocycles. The number of rotatable bonds is 5. The minimum atomic E-state index is -0.212. The summed E-state index contributed by atoms with van der Waals surface area (Å²) in [7, 11) is 1.77. The highest BCUT2D eigenvalue weighted by molar-refractivity contribution is 5.83. The molecule has 1 fully saturated rings. The first-order chi connectivity index (χ1) is 11.0. The van der Waals surface area contributed by atoms with E-state index in [1.165, 1.54) is 13.0 Å². The number of amides is 2. The summed E-state index contributed by atoms with van der Waals surface area (Å²) >= 11 is 0. The Hall–Kier alpha value is -1.95. The molecule has 0 spiro atoms. The number of nitrogens with zero attached hydrogens (tertiary/aromatic N) is 2. The lowest BCUT2D eigenvalue weighted by Gasteiger charge is -2.37. The van der Waals surface area contributed by atoms with E-state index in [0.717, 1.165) is 25.9 Å². The third-order valence-corrected chi connectivity index (χ3v) is 4.26. The van der Waals surface area contributed by atoms with Gasteiger partial charge in [0, 0.05) is 38.7 Å². The first-order valence-electron chi connectivity index (χ1n) is 7.93. The van der Waals surface area contributed by atoms with Crippen LogP contribution in [0.15, 0.2) is 24.3 Å². The van der Waals surface area contributed by atoms with Gasteiger partial charge in [-0.2, -0.15) is 0 Å². The molecule has 1 atom stereocenters. The Morgan fingerprint density at radius 2 is 2.13 bits per heavy atom. The molecule has 0 saturated carbocycles. The highest BCUT2D eigenvalue weighted by Crippen LogP contribution is 2.18. The van der Waals surface area contributed by atoms with Crippen LogP contribution >= 0.6 is 0 Å². The molecule has 0 radical (unpaired) electrons. The normalized spacial score (nSPS) is 18.5. The summed E-state index contributed by atoms with van der Waals surface area (Å²) in [6.45, 7) is 3.59. The van der Waals surface area contributed by atoms with Gasteiger partial charge < -0.3 is 10.2 Å². The molecule has 1 heterocycles. The molecule has 1 aliphatic rings. The van der Waals surface area contributed by atoms with Crippen LogP contribution in [0.1, 0.15) is 25.3 Å². The lowest BCUT2D eigenvalue weighted by atomic mass is 10.0. The van der Waals surface area contributed by atoms with E-state index in [2.05, 4.69) is 10.2 Å². The third kappa shape index (κ3) is 5.03. The van der Waals surface area contributed by atoms with Crippen molar-refractivity contribution in [3.63, 3.8) is 0 Å². The molecule has 1 aromatic rings. The average Bonchev–Trinajstić information content (AvgIpc) is 2.54. The summed E-state index contributed by atoms with van der Waals surface area (Å²) < 4.78 is 13.8. The average molecular weight is 321 g/mol. The van der Waals surface area contributed by atoms with E-state index >= 15 is 0 Å². The van der Waals surface area contributed by atoms with Gasteiger partial charge in [-0.25, -0.2) is 4.39 Å². The van der Waals surface area contributed by atoms with Gasteiger partial charge in [0.2, 0.25) is 11.8 Å². The molecule has 2 rings (SSSR count). The van der Waals surface area contributed by atoms with E-state index in [4.69, 9.17) is 0 Å². The van der Waals surface area contributed by atoms with Crippen molar-refractivity contribution in [2.45, 2.75) is 32.4 Å². The zero-order valence-corrected chi connectivity index (χ0v) is 13.7. The molecule has 5 nitrogen and oxygen atoms in total. The topological polar surface area (TPSA) is 52.7 Å². The van der Waals surface area contributed by atoms with Crippen molar-refractivity contribution in [1.29, 1.82) is 0 Å². The second-order valence-electron chi connectivity index (χ2n) is 6.04. The van der Waals surface area contributed by atoms with Crippen molar-refractivity contribution in [1.82, 2.24) is 15.1 Å². The number of likely N-dealkylation sites (tertiary alicyclic amines) is 1. The lowest BCUT2D eigenvalue weighted by molar-refractivity contribution is -0.134. The number of nitrogens with one attached hydrogen (secondary N) is 1. The largest absolute Gasteiger partial charge is 0.347 e. The molecule has 0 unspecified atom stereocenters. The van der Waals surface area contributed by atoms with Crippen LogP contribution in [0.2, 0.25) is 0 Å². The van der Waals surface area contributed by atoms with Crippen molar-refractivity contribution in [2.24, 2.45) is 0 Å². The number of carbonyl (C=O) groups excluding carboxylic acids is 2. The van der Waals surface area contributed by atoms with Crippen molar-refractivity contribution in [3.8, 4) is 0 Å². The van der Waals surface area contributed by atoms with Gasteiger partial charge in [0.15, 0.2) is 0 Å². The molecular formula is C17H24FN3O2. The van der Waals surface area contributed by atoms with Crippen LogP contribution in [0.5, 0.6) is 0 Å². The summed E-state index contributed by atoms with van der Waals surface area (Å²) in [5, 5.41) is 2.53. The predicted octanol–water partition coefficient (Wildman–Crippen LogP) is 1.38. The van der Waals surface area contributed by atoms with Crippen LogP contribution < -0.4 is 5.32 Å². The summed E-state index contributed by atoms with van der Waals surface area (Å²) in [6.07, 6.45) is 1.90. The number of piperidine rings is 1. The second-order valence-corrected chi connectivity index (χ2v) is 6.04. The number of hydrogen-bond donors (Lipinski definition) is 1. The molecule has 126 valence electrons. The maximum Gasteiger partial charge on any atom is 0.242 e. The second kappa shape index (κ2) is 8.06. The summed E-state index contributed by atoms with van der Waals surface area (Å²) in [6, 6.07) is 6.89. The van der Waals surface area contributed by atoms with Gasteiger partial charge >= 0.3 is 0 Å². The van der Waals surface area contributed by atoms with Gasteiger partial charge in [0.25, 0.3) is 0 Å². The predicted molar refractivity (Wildman–Crippen MR) is 86.2 cm³/mol. The molecule has 1 aliphatic heterocycles. The Bertz CT molecular complexity index is 565. The van der Waals surface area contributed by atoms with Crippen LogP contribution in [0, 0.1) is 5.82 Å². The summed E-state index contributed by atoms with van der Waals surface area (Å²) in [4.78, 5) is 26.9. The van der Waals surface area contributed by atoms with E-state index in [1.807, 2.05) is 6.07 Å². The SMILES string of the molecule is CC(=O)NCC(=O)N(C)[C@H]1CCCN(Cc2ccccc2F)C1. The molecular weight excluding hydrogens is 297 g/mol. The van der Waals surface area contributed by atoms with Crippen molar-refractivity contribution >= 4 is 11.8 Å². The Morgan fingerprint density at radius 1 is 1.39 bits per heavy atom. The van der Waals surface area contributed by atoms with Gasteiger partial charge in [-0.15, -0.1) is 0 Å². The van der Waals surface area contributed by atoms with Crippen molar-refractivity contribution < 1.29 is 14.0 Å². The van der Waals surface area contributed by atoms with Crippen LogP contribution in [-0.2, 0) is 16.1 Å². The van der Waals surface area contributed by atoms with E-state index in [1.54, 1.807) is 24.1 Å². The smallest absolute Gasteiger partial charge is 0.242 e. The maximum atomic E-state index is 13.8. The molecule has 0 bridgehead atoms. The van der Waals surface area contributed by atoms with E-state index in [9.17, 15) is 14.0 Å². The fraction of sp³-hybridized carbons (Fsp3) is 0.529. The van der Waals surface area contributed by atoms with Crippen LogP contribution in [-0.4, -0.2) is 54.3 Å². The number of benzene rings is 1. The highest BCUT2D eigenvalue weighted by atomic mass is 19.1. The van der Waals surface area contributed by atoms with Gasteiger partial charge in [0.05, 0.1) is 6.54 Å². The molecule has 0 aliphatic carbocycles. The first-order valence-corrected chi connectivity index (χ1v) is 7.93. The number of likely N-dealkylation sites (N-methyl/N-ethyl adjacent to an activating group) is 1. The fourth-order valence-corrected chi connectivity index (χ4v) is 2.89. The number of carbonyl (C=O) groups is 2. The quantitative estimate of drug-likeness (QED) is 0.891. The Morgan fingerprint density at radius 3 is 2.83 bits per heavy atom. The summed E-state index contributed by atoms with van der Waals surface area (Å²) in [5.74, 6) is -0.501. The Balaban J connectivity index is 1.91. The van der Waals surface area contributed by atoms with Crippen LogP contribution in [0.3, 0.4) is 0 Å². The minimum absolute atomic E-state index is 0.0235. The van der Waals surface area contributed by atoms with E-state index in [0.29, 0.717) is 12.1 Å². The highest BCUT2D eigenvalue weighted by Gasteiger charge is 2.26. The molecule has 1 saturated heterocycles. The third-order valence-electron chi connectivity index (χ3n) is 4.26. The maximum absolute atomic E-state index is 13.8.